The van der Waals surface area contributed by atoms with Crippen LogP contribution in [0.2, 0.25) is 0 Å². The van der Waals surface area contributed by atoms with Crippen molar-refractivity contribution >= 4 is 31.9 Å². The second-order valence-corrected chi connectivity index (χ2v) is 5.69. The molecule has 1 heterocycles. The molecular formula is C11H9Br2N3. The smallest absolute Gasteiger partial charge is 0.165 e. The molecule has 1 fully saturated rings. The van der Waals surface area contributed by atoms with Crippen molar-refractivity contribution in [1.29, 1.82) is 0 Å². The first-order chi connectivity index (χ1) is 7.75. The molecule has 0 atom stereocenters. The Kier molecular flexibility index (Phi) is 2.59. The lowest BCUT2D eigenvalue weighted by Crippen LogP contribution is -1.96. The van der Waals surface area contributed by atoms with Gasteiger partial charge in [-0.3, -0.25) is 0 Å². The average Bonchev–Trinajstić information content (AvgIpc) is 3.01. The lowest BCUT2D eigenvalue weighted by molar-refractivity contribution is 0.746. The van der Waals surface area contributed by atoms with Gasteiger partial charge >= 0.3 is 0 Å². The molecule has 82 valence electrons. The third kappa shape index (κ3) is 1.82. The molecule has 0 aliphatic heterocycles. The molecule has 3 rings (SSSR count). The topological polar surface area (TPSA) is 30.7 Å². The quantitative estimate of drug-likeness (QED) is 0.830. The molecule has 0 amide bonds. The van der Waals surface area contributed by atoms with E-state index in [0.29, 0.717) is 6.04 Å². The van der Waals surface area contributed by atoms with Gasteiger partial charge in [0.2, 0.25) is 0 Å². The van der Waals surface area contributed by atoms with Crippen molar-refractivity contribution in [3.05, 3.63) is 33.5 Å². The van der Waals surface area contributed by atoms with E-state index in [1.807, 2.05) is 18.5 Å². The van der Waals surface area contributed by atoms with E-state index in [1.54, 1.807) is 0 Å². The van der Waals surface area contributed by atoms with E-state index in [0.717, 1.165) is 20.3 Å². The summed E-state index contributed by atoms with van der Waals surface area (Å²) in [5, 5.41) is 8.22. The third-order valence-electron chi connectivity index (χ3n) is 2.68. The van der Waals surface area contributed by atoms with Gasteiger partial charge in [0.1, 0.15) is 6.33 Å². The van der Waals surface area contributed by atoms with Gasteiger partial charge in [-0.2, -0.15) is 0 Å². The summed E-state index contributed by atoms with van der Waals surface area (Å²) in [6.07, 6.45) is 4.29. The number of nitrogens with zero attached hydrogens (tertiary/aromatic N) is 3. The maximum absolute atomic E-state index is 4.21. The molecule has 0 bridgehead atoms. The Labute approximate surface area is 110 Å². The van der Waals surface area contributed by atoms with Gasteiger partial charge in [-0.05, 0) is 31.0 Å². The predicted octanol–water partition coefficient (Wildman–Crippen LogP) is 3.81. The number of hydrogen-bond acceptors (Lipinski definition) is 2. The Balaban J connectivity index is 2.13. The summed E-state index contributed by atoms with van der Waals surface area (Å²) in [5.74, 6) is 0.940. The number of halogens is 2. The Morgan fingerprint density at radius 1 is 1.25 bits per heavy atom. The molecular weight excluding hydrogens is 334 g/mol. The third-order valence-corrected chi connectivity index (χ3v) is 3.87. The number of hydrogen-bond donors (Lipinski definition) is 0. The Morgan fingerprint density at radius 2 is 2.06 bits per heavy atom. The van der Waals surface area contributed by atoms with Gasteiger partial charge in [0.15, 0.2) is 5.82 Å². The van der Waals surface area contributed by atoms with Gasteiger partial charge in [0, 0.05) is 20.6 Å². The van der Waals surface area contributed by atoms with Crippen molar-refractivity contribution in [2.45, 2.75) is 18.9 Å². The van der Waals surface area contributed by atoms with Crippen LogP contribution in [0.4, 0.5) is 0 Å². The Hall–Kier alpha value is -0.680. The fourth-order valence-electron chi connectivity index (χ4n) is 1.72. The Bertz CT molecular complexity index is 532. The summed E-state index contributed by atoms with van der Waals surface area (Å²) < 4.78 is 4.26. The van der Waals surface area contributed by atoms with Crippen molar-refractivity contribution in [3.63, 3.8) is 0 Å². The van der Waals surface area contributed by atoms with Gasteiger partial charge in [-0.1, -0.05) is 31.9 Å². The van der Waals surface area contributed by atoms with Crippen LogP contribution in [-0.2, 0) is 0 Å². The summed E-state index contributed by atoms with van der Waals surface area (Å²) in [5.41, 5.74) is 1.08. The molecule has 0 N–H and O–H groups in total. The van der Waals surface area contributed by atoms with Gasteiger partial charge in [0.25, 0.3) is 0 Å². The summed E-state index contributed by atoms with van der Waals surface area (Å²) in [4.78, 5) is 0. The van der Waals surface area contributed by atoms with Crippen LogP contribution < -0.4 is 0 Å². The number of rotatable bonds is 2. The van der Waals surface area contributed by atoms with E-state index in [1.165, 1.54) is 12.8 Å². The van der Waals surface area contributed by atoms with Gasteiger partial charge in [-0.25, -0.2) is 0 Å². The zero-order valence-corrected chi connectivity index (χ0v) is 11.6. The first-order valence-electron chi connectivity index (χ1n) is 5.10. The zero-order valence-electron chi connectivity index (χ0n) is 8.40. The summed E-state index contributed by atoms with van der Waals surface area (Å²) in [6, 6.07) is 6.68. The van der Waals surface area contributed by atoms with Crippen LogP contribution in [0.3, 0.4) is 0 Å². The lowest BCUT2D eigenvalue weighted by atomic mass is 10.2. The zero-order chi connectivity index (χ0) is 11.1. The molecule has 5 heteroatoms. The molecule has 1 aromatic heterocycles. The van der Waals surface area contributed by atoms with Crippen molar-refractivity contribution in [3.8, 4) is 11.4 Å². The van der Waals surface area contributed by atoms with Crippen LogP contribution in [0.5, 0.6) is 0 Å². The molecule has 0 unspecified atom stereocenters. The molecule has 3 nitrogen and oxygen atoms in total. The molecule has 1 aliphatic carbocycles. The van der Waals surface area contributed by atoms with E-state index in [9.17, 15) is 0 Å². The molecule has 0 radical (unpaired) electrons. The van der Waals surface area contributed by atoms with E-state index in [4.69, 9.17) is 0 Å². The molecule has 2 aromatic rings. The van der Waals surface area contributed by atoms with E-state index >= 15 is 0 Å². The molecule has 16 heavy (non-hydrogen) atoms. The van der Waals surface area contributed by atoms with Crippen LogP contribution in [0, 0.1) is 0 Å². The predicted molar refractivity (Wildman–Crippen MR) is 69.1 cm³/mol. The normalized spacial score (nSPS) is 15.4. The molecule has 1 aromatic carbocycles. The van der Waals surface area contributed by atoms with Crippen molar-refractivity contribution in [2.24, 2.45) is 0 Å². The first kappa shape index (κ1) is 10.5. The van der Waals surface area contributed by atoms with Crippen LogP contribution in [0.1, 0.15) is 18.9 Å². The van der Waals surface area contributed by atoms with Crippen LogP contribution in [0.15, 0.2) is 33.5 Å². The second-order valence-electron chi connectivity index (χ2n) is 3.92. The lowest BCUT2D eigenvalue weighted by Gasteiger charge is -2.06. The Morgan fingerprint density at radius 3 is 2.81 bits per heavy atom. The molecule has 0 saturated heterocycles. The maximum atomic E-state index is 4.21. The molecule has 0 spiro atoms. The van der Waals surface area contributed by atoms with Crippen LogP contribution >= 0.6 is 31.9 Å². The standard InChI is InChI=1S/C11H9Br2N3/c12-7-1-4-10(13)9(5-7)11-15-14-6-16(11)8-2-3-8/h1,4-6,8H,2-3H2. The van der Waals surface area contributed by atoms with E-state index in [2.05, 4.69) is 52.7 Å². The minimum Gasteiger partial charge on any atom is -0.310 e. The van der Waals surface area contributed by atoms with Gasteiger partial charge in [-0.15, -0.1) is 10.2 Å². The van der Waals surface area contributed by atoms with Crippen LogP contribution in [-0.4, -0.2) is 14.8 Å². The van der Waals surface area contributed by atoms with Gasteiger partial charge < -0.3 is 4.57 Å². The second kappa shape index (κ2) is 3.96. The number of aromatic nitrogens is 3. The summed E-state index contributed by atoms with van der Waals surface area (Å²) in [6.45, 7) is 0. The van der Waals surface area contributed by atoms with E-state index < -0.39 is 0 Å². The van der Waals surface area contributed by atoms with E-state index in [-0.39, 0.29) is 0 Å². The largest absolute Gasteiger partial charge is 0.310 e. The fourth-order valence-corrected chi connectivity index (χ4v) is 2.51. The maximum Gasteiger partial charge on any atom is 0.165 e. The highest BCUT2D eigenvalue weighted by Gasteiger charge is 2.27. The highest BCUT2D eigenvalue weighted by Crippen LogP contribution is 2.39. The van der Waals surface area contributed by atoms with Crippen LogP contribution in [0.25, 0.3) is 11.4 Å². The highest BCUT2D eigenvalue weighted by molar-refractivity contribution is 9.11. The van der Waals surface area contributed by atoms with Crippen molar-refractivity contribution in [1.82, 2.24) is 14.8 Å². The highest BCUT2D eigenvalue weighted by atomic mass is 79.9. The fraction of sp³-hybridized carbons (Fsp3) is 0.273. The summed E-state index contributed by atoms with van der Waals surface area (Å²) in [7, 11) is 0. The molecule has 1 saturated carbocycles. The van der Waals surface area contributed by atoms with Crippen molar-refractivity contribution in [2.75, 3.05) is 0 Å². The summed E-state index contributed by atoms with van der Waals surface area (Å²) >= 11 is 7.03. The minimum atomic E-state index is 0.593. The first-order valence-corrected chi connectivity index (χ1v) is 6.69. The van der Waals surface area contributed by atoms with Crippen molar-refractivity contribution < 1.29 is 0 Å². The average molecular weight is 343 g/mol. The SMILES string of the molecule is Brc1ccc(Br)c(-c2nncn2C2CC2)c1. The van der Waals surface area contributed by atoms with Gasteiger partial charge in [0.05, 0.1) is 0 Å². The molecule has 1 aliphatic rings. The monoisotopic (exact) mass is 341 g/mol. The minimum absolute atomic E-state index is 0.593. The number of benzene rings is 1.